The molecule has 0 spiro atoms. The van der Waals surface area contributed by atoms with Crippen molar-refractivity contribution in [2.75, 3.05) is 19.6 Å². The minimum absolute atomic E-state index is 0.795. The molecule has 1 N–H and O–H groups in total. The molecule has 3 aliphatic rings. The zero-order chi connectivity index (χ0) is 13.1. The maximum atomic E-state index is 3.89. The summed E-state index contributed by atoms with van der Waals surface area (Å²) >= 11 is 0. The Labute approximate surface area is 119 Å². The van der Waals surface area contributed by atoms with E-state index in [4.69, 9.17) is 0 Å². The molecule has 3 fully saturated rings. The molecule has 0 aromatic heterocycles. The van der Waals surface area contributed by atoms with Gasteiger partial charge in [-0.2, -0.15) is 0 Å². The molecule has 2 heteroatoms. The van der Waals surface area contributed by atoms with Crippen LogP contribution in [0.25, 0.3) is 0 Å². The fourth-order valence-corrected chi connectivity index (χ4v) is 4.37. The summed E-state index contributed by atoms with van der Waals surface area (Å²) in [6.45, 7) is 6.33. The summed E-state index contributed by atoms with van der Waals surface area (Å²) in [6.07, 6.45) is 13.2. The SMILES string of the molecule is CCC1CNC(C2CCCCC2)CN1CC1CCC1. The normalized spacial score (nSPS) is 35.2. The second-order valence-corrected chi connectivity index (χ2v) is 7.23. The molecule has 1 aliphatic heterocycles. The monoisotopic (exact) mass is 264 g/mol. The first kappa shape index (κ1) is 13.9. The Hall–Kier alpha value is -0.0800. The second-order valence-electron chi connectivity index (χ2n) is 7.23. The zero-order valence-electron chi connectivity index (χ0n) is 12.7. The topological polar surface area (TPSA) is 15.3 Å². The van der Waals surface area contributed by atoms with Crippen LogP contribution in [0.2, 0.25) is 0 Å². The lowest BCUT2D eigenvalue weighted by Gasteiger charge is -2.46. The van der Waals surface area contributed by atoms with Crippen LogP contribution < -0.4 is 5.32 Å². The van der Waals surface area contributed by atoms with Gasteiger partial charge < -0.3 is 5.32 Å². The Bertz CT molecular complexity index is 268. The lowest BCUT2D eigenvalue weighted by atomic mass is 9.81. The first-order valence-corrected chi connectivity index (χ1v) is 8.84. The molecule has 110 valence electrons. The molecule has 2 unspecified atom stereocenters. The fraction of sp³-hybridized carbons (Fsp3) is 1.00. The molecule has 0 aromatic rings. The number of rotatable bonds is 4. The van der Waals surface area contributed by atoms with E-state index in [0.29, 0.717) is 0 Å². The molecule has 0 bridgehead atoms. The third-order valence-corrected chi connectivity index (χ3v) is 5.97. The quantitative estimate of drug-likeness (QED) is 0.837. The smallest absolute Gasteiger partial charge is 0.0224 e. The highest BCUT2D eigenvalue weighted by Gasteiger charge is 2.33. The van der Waals surface area contributed by atoms with E-state index < -0.39 is 0 Å². The molecule has 1 saturated heterocycles. The van der Waals surface area contributed by atoms with Crippen molar-refractivity contribution >= 4 is 0 Å². The molecular weight excluding hydrogens is 232 g/mol. The van der Waals surface area contributed by atoms with Crippen molar-refractivity contribution in [2.45, 2.75) is 76.8 Å². The van der Waals surface area contributed by atoms with E-state index in [2.05, 4.69) is 17.1 Å². The number of nitrogens with zero attached hydrogens (tertiary/aromatic N) is 1. The number of piperazine rings is 1. The average Bonchev–Trinajstić information content (AvgIpc) is 2.43. The van der Waals surface area contributed by atoms with Crippen LogP contribution in [0, 0.1) is 11.8 Å². The van der Waals surface area contributed by atoms with Gasteiger partial charge in [0.15, 0.2) is 0 Å². The van der Waals surface area contributed by atoms with Gasteiger partial charge in [0.2, 0.25) is 0 Å². The average molecular weight is 264 g/mol. The van der Waals surface area contributed by atoms with Crippen LogP contribution in [0.1, 0.15) is 64.7 Å². The summed E-state index contributed by atoms with van der Waals surface area (Å²) in [7, 11) is 0. The predicted molar refractivity (Wildman–Crippen MR) is 81.4 cm³/mol. The maximum absolute atomic E-state index is 3.89. The van der Waals surface area contributed by atoms with E-state index in [1.54, 1.807) is 0 Å². The van der Waals surface area contributed by atoms with Crippen LogP contribution in [0.15, 0.2) is 0 Å². The third-order valence-electron chi connectivity index (χ3n) is 5.97. The molecule has 2 aliphatic carbocycles. The minimum atomic E-state index is 0.795. The van der Waals surface area contributed by atoms with E-state index in [-0.39, 0.29) is 0 Å². The second kappa shape index (κ2) is 6.58. The number of hydrogen-bond donors (Lipinski definition) is 1. The van der Waals surface area contributed by atoms with Gasteiger partial charge in [0.25, 0.3) is 0 Å². The molecule has 2 saturated carbocycles. The Morgan fingerprint density at radius 3 is 2.42 bits per heavy atom. The Morgan fingerprint density at radius 2 is 1.79 bits per heavy atom. The van der Waals surface area contributed by atoms with Crippen molar-refractivity contribution in [1.29, 1.82) is 0 Å². The standard InChI is InChI=1S/C17H32N2/c1-2-16-11-18-17(15-9-4-3-5-10-15)13-19(16)12-14-7-6-8-14/h14-18H,2-13H2,1H3. The van der Waals surface area contributed by atoms with E-state index in [9.17, 15) is 0 Å². The van der Waals surface area contributed by atoms with Gasteiger partial charge in [-0.1, -0.05) is 32.6 Å². The highest BCUT2D eigenvalue weighted by atomic mass is 15.2. The molecule has 3 rings (SSSR count). The Kier molecular flexibility index (Phi) is 4.81. The first-order valence-electron chi connectivity index (χ1n) is 8.84. The Balaban J connectivity index is 1.55. The minimum Gasteiger partial charge on any atom is -0.311 e. The molecule has 0 amide bonds. The van der Waals surface area contributed by atoms with E-state index in [1.807, 2.05) is 0 Å². The summed E-state index contributed by atoms with van der Waals surface area (Å²) in [4.78, 5) is 2.85. The fourth-order valence-electron chi connectivity index (χ4n) is 4.37. The molecule has 2 nitrogen and oxygen atoms in total. The Morgan fingerprint density at radius 1 is 1.00 bits per heavy atom. The summed E-state index contributed by atoms with van der Waals surface area (Å²) < 4.78 is 0. The van der Waals surface area contributed by atoms with Crippen LogP contribution in [-0.4, -0.2) is 36.6 Å². The van der Waals surface area contributed by atoms with Gasteiger partial charge in [0, 0.05) is 31.7 Å². The first-order chi connectivity index (χ1) is 9.36. The highest BCUT2D eigenvalue weighted by molar-refractivity contribution is 4.91. The van der Waals surface area contributed by atoms with Gasteiger partial charge in [0.1, 0.15) is 0 Å². The zero-order valence-corrected chi connectivity index (χ0v) is 12.7. The number of hydrogen-bond acceptors (Lipinski definition) is 2. The van der Waals surface area contributed by atoms with Crippen LogP contribution in [0.3, 0.4) is 0 Å². The lowest BCUT2D eigenvalue weighted by molar-refractivity contribution is 0.0646. The molecule has 0 aromatic carbocycles. The van der Waals surface area contributed by atoms with Gasteiger partial charge >= 0.3 is 0 Å². The molecule has 19 heavy (non-hydrogen) atoms. The summed E-state index contributed by atoms with van der Waals surface area (Å²) in [6, 6.07) is 1.60. The van der Waals surface area contributed by atoms with E-state index in [0.717, 1.165) is 23.9 Å². The highest BCUT2D eigenvalue weighted by Crippen LogP contribution is 2.31. The largest absolute Gasteiger partial charge is 0.311 e. The van der Waals surface area contributed by atoms with Crippen molar-refractivity contribution in [3.63, 3.8) is 0 Å². The molecule has 0 radical (unpaired) electrons. The van der Waals surface area contributed by atoms with Gasteiger partial charge in [-0.25, -0.2) is 0 Å². The lowest BCUT2D eigenvalue weighted by Crippen LogP contribution is -2.59. The third kappa shape index (κ3) is 3.33. The van der Waals surface area contributed by atoms with Crippen molar-refractivity contribution in [3.8, 4) is 0 Å². The van der Waals surface area contributed by atoms with Gasteiger partial charge in [0.05, 0.1) is 0 Å². The predicted octanol–water partition coefficient (Wildman–Crippen LogP) is 3.42. The van der Waals surface area contributed by atoms with Gasteiger partial charge in [-0.15, -0.1) is 0 Å². The molecule has 2 atom stereocenters. The maximum Gasteiger partial charge on any atom is 0.0224 e. The summed E-state index contributed by atoms with van der Waals surface area (Å²) in [5.41, 5.74) is 0. The van der Waals surface area contributed by atoms with Crippen LogP contribution in [0.5, 0.6) is 0 Å². The van der Waals surface area contributed by atoms with Crippen LogP contribution in [0.4, 0.5) is 0 Å². The van der Waals surface area contributed by atoms with Crippen molar-refractivity contribution < 1.29 is 0 Å². The number of nitrogens with one attached hydrogen (secondary N) is 1. The van der Waals surface area contributed by atoms with Crippen molar-refractivity contribution in [2.24, 2.45) is 11.8 Å². The van der Waals surface area contributed by atoms with Gasteiger partial charge in [-0.05, 0) is 43.9 Å². The van der Waals surface area contributed by atoms with Crippen molar-refractivity contribution in [1.82, 2.24) is 10.2 Å². The van der Waals surface area contributed by atoms with Crippen molar-refractivity contribution in [3.05, 3.63) is 0 Å². The van der Waals surface area contributed by atoms with E-state index >= 15 is 0 Å². The van der Waals surface area contributed by atoms with Gasteiger partial charge in [-0.3, -0.25) is 4.90 Å². The van der Waals surface area contributed by atoms with Crippen LogP contribution >= 0.6 is 0 Å². The molecular formula is C17H32N2. The summed E-state index contributed by atoms with van der Waals surface area (Å²) in [5, 5.41) is 3.89. The van der Waals surface area contributed by atoms with Crippen LogP contribution in [-0.2, 0) is 0 Å². The summed E-state index contributed by atoms with van der Waals surface area (Å²) in [5.74, 6) is 2.00. The van der Waals surface area contributed by atoms with E-state index in [1.165, 1.54) is 77.4 Å². The molecule has 1 heterocycles.